The molecule has 0 spiro atoms. The summed E-state index contributed by atoms with van der Waals surface area (Å²) in [5, 5.41) is 9.01. The van der Waals surface area contributed by atoms with Crippen LogP contribution in [0.25, 0.3) is 16.8 Å². The van der Waals surface area contributed by atoms with Gasteiger partial charge in [0.25, 0.3) is 5.91 Å². The van der Waals surface area contributed by atoms with Gasteiger partial charge in [0.1, 0.15) is 11.3 Å². The number of benzene rings is 1. The van der Waals surface area contributed by atoms with Gasteiger partial charge < -0.3 is 9.64 Å². The molecule has 2 bridgehead atoms. The first-order chi connectivity index (χ1) is 16.9. The molecule has 1 aromatic carbocycles. The van der Waals surface area contributed by atoms with Crippen LogP contribution in [0.4, 0.5) is 13.2 Å². The predicted molar refractivity (Wildman–Crippen MR) is 121 cm³/mol. The summed E-state index contributed by atoms with van der Waals surface area (Å²) in [4.78, 5) is 15.8. The Morgan fingerprint density at radius 2 is 1.94 bits per heavy atom. The molecule has 35 heavy (non-hydrogen) atoms. The number of rotatable bonds is 3. The van der Waals surface area contributed by atoms with E-state index < -0.39 is 17.5 Å². The smallest absolute Gasteiger partial charge is 0.258 e. The highest BCUT2D eigenvalue weighted by Gasteiger charge is 2.44. The minimum absolute atomic E-state index is 0.114. The molecule has 5 heterocycles. The number of aromatic nitrogens is 4. The zero-order chi connectivity index (χ0) is 24.4. The maximum absolute atomic E-state index is 14.0. The van der Waals surface area contributed by atoms with E-state index in [-0.39, 0.29) is 23.6 Å². The number of piperidine rings is 1. The lowest BCUT2D eigenvalue weighted by Gasteiger charge is -2.45. The number of carbonyl (C=O) groups is 1. The predicted octanol–water partition coefficient (Wildman–Crippen LogP) is 4.45. The quantitative estimate of drug-likeness (QED) is 0.406. The number of fused-ring (bicyclic) bond motifs is 5. The van der Waals surface area contributed by atoms with Crippen molar-refractivity contribution in [2.24, 2.45) is 7.05 Å². The van der Waals surface area contributed by atoms with Crippen LogP contribution in [-0.4, -0.2) is 43.4 Å². The lowest BCUT2D eigenvalue weighted by molar-refractivity contribution is 0.0393. The van der Waals surface area contributed by atoms with Gasteiger partial charge in [-0.05, 0) is 49.9 Å². The second-order valence-electron chi connectivity index (χ2n) is 9.03. The van der Waals surface area contributed by atoms with Gasteiger partial charge in [0.2, 0.25) is 0 Å². The van der Waals surface area contributed by atoms with Crippen molar-refractivity contribution in [3.8, 4) is 17.0 Å². The van der Waals surface area contributed by atoms with Crippen molar-refractivity contribution in [1.82, 2.24) is 24.3 Å². The minimum atomic E-state index is -1.50. The first-order valence-electron chi connectivity index (χ1n) is 11.4. The van der Waals surface area contributed by atoms with E-state index in [0.717, 1.165) is 30.5 Å². The third-order valence-electron chi connectivity index (χ3n) is 7.12. The highest BCUT2D eigenvalue weighted by Crippen LogP contribution is 2.45. The fourth-order valence-electron chi connectivity index (χ4n) is 5.67. The van der Waals surface area contributed by atoms with Crippen molar-refractivity contribution in [3.05, 3.63) is 70.9 Å². The van der Waals surface area contributed by atoms with Crippen molar-refractivity contribution in [1.29, 1.82) is 0 Å². The number of amides is 1. The molecular formula is C25H22F3N5O2. The minimum Gasteiger partial charge on any atom is -0.494 e. The van der Waals surface area contributed by atoms with Gasteiger partial charge in [-0.1, -0.05) is 0 Å². The Bertz CT molecular complexity index is 1470. The normalized spacial score (nSPS) is 19.2. The second kappa shape index (κ2) is 7.86. The number of halogens is 3. The van der Waals surface area contributed by atoms with Gasteiger partial charge in [0, 0.05) is 30.4 Å². The lowest BCUT2D eigenvalue weighted by atomic mass is 9.81. The molecule has 2 aliphatic heterocycles. The van der Waals surface area contributed by atoms with E-state index in [1.54, 1.807) is 47.9 Å². The van der Waals surface area contributed by atoms with E-state index in [4.69, 9.17) is 4.74 Å². The SMILES string of the molecule is COc1cccn2ncc(C(=O)N3C4CCCC3c3nn(C)c(-c5cc(F)c(F)c(F)c5)c3C4)c12. The summed E-state index contributed by atoms with van der Waals surface area (Å²) in [5.41, 5.74) is 3.36. The van der Waals surface area contributed by atoms with E-state index in [1.807, 2.05) is 4.90 Å². The van der Waals surface area contributed by atoms with Gasteiger partial charge in [0.05, 0.1) is 36.3 Å². The molecule has 0 N–H and O–H groups in total. The number of nitrogens with zero attached hydrogens (tertiary/aromatic N) is 5. The fraction of sp³-hybridized carbons (Fsp3) is 0.320. The zero-order valence-electron chi connectivity index (χ0n) is 19.1. The van der Waals surface area contributed by atoms with Crippen LogP contribution < -0.4 is 4.74 Å². The standard InChI is InChI=1S/C25H22F3N5O2/c1-31-23(13-9-17(26)21(28)18(27)10-13)15-11-14-5-3-6-19(22(15)30-31)33(14)25(34)16-12-29-32-8-4-7-20(35-2)24(16)32/h4,7-10,12,14,19H,3,5-6,11H2,1-2H3. The molecule has 0 saturated carbocycles. The van der Waals surface area contributed by atoms with Gasteiger partial charge in [-0.25, -0.2) is 17.7 Å². The number of pyridine rings is 1. The summed E-state index contributed by atoms with van der Waals surface area (Å²) in [6, 6.07) is 5.17. The van der Waals surface area contributed by atoms with Crippen LogP contribution in [0.15, 0.2) is 36.7 Å². The maximum Gasteiger partial charge on any atom is 0.258 e. The largest absolute Gasteiger partial charge is 0.494 e. The maximum atomic E-state index is 14.0. The summed E-state index contributed by atoms with van der Waals surface area (Å²) in [7, 11) is 3.24. The molecule has 2 atom stereocenters. The molecular weight excluding hydrogens is 459 g/mol. The summed E-state index contributed by atoms with van der Waals surface area (Å²) in [5.74, 6) is -3.59. The number of carbonyl (C=O) groups excluding carboxylic acids is 1. The Morgan fingerprint density at radius 3 is 2.69 bits per heavy atom. The molecule has 2 unspecified atom stereocenters. The molecule has 4 aromatic rings. The highest BCUT2D eigenvalue weighted by molar-refractivity contribution is 6.02. The van der Waals surface area contributed by atoms with E-state index in [2.05, 4.69) is 10.2 Å². The molecule has 10 heteroatoms. The van der Waals surface area contributed by atoms with Crippen LogP contribution in [0.5, 0.6) is 5.75 Å². The van der Waals surface area contributed by atoms with Crippen molar-refractivity contribution >= 4 is 11.4 Å². The molecule has 2 aliphatic rings. The average molecular weight is 481 g/mol. The van der Waals surface area contributed by atoms with Crippen molar-refractivity contribution < 1.29 is 22.7 Å². The number of hydrogen-bond donors (Lipinski definition) is 0. The Balaban J connectivity index is 1.45. The van der Waals surface area contributed by atoms with Gasteiger partial charge in [-0.15, -0.1) is 0 Å². The zero-order valence-corrected chi connectivity index (χ0v) is 19.1. The Labute approximate surface area is 198 Å². The van der Waals surface area contributed by atoms with Crippen molar-refractivity contribution in [3.63, 3.8) is 0 Å². The Kier molecular flexibility index (Phi) is 4.87. The molecule has 180 valence electrons. The molecule has 1 saturated heterocycles. The summed E-state index contributed by atoms with van der Waals surface area (Å²) in [6.45, 7) is 0. The van der Waals surface area contributed by atoms with Crippen LogP contribution >= 0.6 is 0 Å². The van der Waals surface area contributed by atoms with E-state index in [1.165, 1.54) is 0 Å². The number of methoxy groups -OCH3 is 1. The highest BCUT2D eigenvalue weighted by atomic mass is 19.2. The van der Waals surface area contributed by atoms with Crippen molar-refractivity contribution in [2.45, 2.75) is 37.8 Å². The van der Waals surface area contributed by atoms with Gasteiger partial charge in [0.15, 0.2) is 17.5 Å². The second-order valence-corrected chi connectivity index (χ2v) is 9.03. The van der Waals surface area contributed by atoms with E-state index in [9.17, 15) is 18.0 Å². The molecule has 1 amide bonds. The molecule has 7 nitrogen and oxygen atoms in total. The Morgan fingerprint density at radius 1 is 1.17 bits per heavy atom. The van der Waals surface area contributed by atoms with Crippen LogP contribution in [0.2, 0.25) is 0 Å². The lowest BCUT2D eigenvalue weighted by Crippen LogP contribution is -2.49. The molecule has 6 rings (SSSR count). The van der Waals surface area contributed by atoms with Crippen molar-refractivity contribution in [2.75, 3.05) is 7.11 Å². The van der Waals surface area contributed by atoms with Gasteiger partial charge in [-0.3, -0.25) is 9.48 Å². The van der Waals surface area contributed by atoms with Gasteiger partial charge >= 0.3 is 0 Å². The van der Waals surface area contributed by atoms with Crippen LogP contribution in [0.3, 0.4) is 0 Å². The molecule has 3 aromatic heterocycles. The third kappa shape index (κ3) is 3.15. The van der Waals surface area contributed by atoms with Crippen LogP contribution in [0.1, 0.15) is 46.9 Å². The average Bonchev–Trinajstić information content (AvgIpc) is 3.42. The number of hydrogen-bond acceptors (Lipinski definition) is 4. The first-order valence-corrected chi connectivity index (χ1v) is 11.4. The summed E-state index contributed by atoms with van der Waals surface area (Å²) in [6.07, 6.45) is 6.24. The Hall–Kier alpha value is -3.82. The van der Waals surface area contributed by atoms with Gasteiger partial charge in [-0.2, -0.15) is 10.2 Å². The van der Waals surface area contributed by atoms with Crippen LogP contribution in [0, 0.1) is 17.5 Å². The summed E-state index contributed by atoms with van der Waals surface area (Å²) >= 11 is 0. The first kappa shape index (κ1) is 21.7. The number of ether oxygens (including phenoxy) is 1. The number of aryl methyl sites for hydroxylation is 1. The molecule has 0 radical (unpaired) electrons. The fourth-order valence-corrected chi connectivity index (χ4v) is 5.67. The summed E-state index contributed by atoms with van der Waals surface area (Å²) < 4.78 is 50.3. The third-order valence-corrected chi connectivity index (χ3v) is 7.12. The monoisotopic (exact) mass is 481 g/mol. The van der Waals surface area contributed by atoms with Crippen LogP contribution in [-0.2, 0) is 13.5 Å². The molecule has 1 fully saturated rings. The topological polar surface area (TPSA) is 64.7 Å². The molecule has 0 aliphatic carbocycles. The van der Waals surface area contributed by atoms with E-state index >= 15 is 0 Å². The van der Waals surface area contributed by atoms with E-state index in [0.29, 0.717) is 41.1 Å².